The van der Waals surface area contributed by atoms with Gasteiger partial charge in [-0.05, 0) is 36.4 Å². The van der Waals surface area contributed by atoms with E-state index in [4.69, 9.17) is 5.11 Å². The predicted octanol–water partition coefficient (Wildman–Crippen LogP) is 0.270. The van der Waals surface area contributed by atoms with Crippen molar-refractivity contribution in [2.75, 3.05) is 24.6 Å². The lowest BCUT2D eigenvalue weighted by atomic mass is 9.80. The first-order valence-electron chi connectivity index (χ1n) is 4.30. The normalized spacial score (nSPS) is 40.8. The summed E-state index contributed by atoms with van der Waals surface area (Å²) >= 11 is 1.90. The minimum absolute atomic E-state index is 0.0764. The number of carbonyl (C=O) groups is 1. The molecule has 0 aromatic heterocycles. The summed E-state index contributed by atoms with van der Waals surface area (Å²) in [6.45, 7) is 1.78. The average Bonchev–Trinajstić information content (AvgIpc) is 2.02. The molecule has 0 aromatic carbocycles. The van der Waals surface area contributed by atoms with E-state index >= 15 is 0 Å². The van der Waals surface area contributed by atoms with Crippen molar-refractivity contribution in [3.63, 3.8) is 0 Å². The summed E-state index contributed by atoms with van der Waals surface area (Å²) in [5.74, 6) is 2.08. The lowest BCUT2D eigenvalue weighted by Gasteiger charge is -2.39. The van der Waals surface area contributed by atoms with Crippen molar-refractivity contribution in [3.8, 4) is 0 Å². The molecule has 2 fully saturated rings. The highest BCUT2D eigenvalue weighted by Gasteiger charge is 2.40. The molecule has 2 bridgehead atoms. The summed E-state index contributed by atoms with van der Waals surface area (Å²) in [7, 11) is 0. The number of carboxylic acids is 1. The summed E-state index contributed by atoms with van der Waals surface area (Å²) in [4.78, 5) is 10.9. The van der Waals surface area contributed by atoms with E-state index in [-0.39, 0.29) is 5.92 Å². The van der Waals surface area contributed by atoms with Crippen LogP contribution in [0.5, 0.6) is 0 Å². The molecule has 12 heavy (non-hydrogen) atoms. The SMILES string of the molecule is O=C(O)C1C2CNCC1CSC2. The highest BCUT2D eigenvalue weighted by atomic mass is 32.2. The lowest BCUT2D eigenvalue weighted by Crippen LogP contribution is -2.51. The smallest absolute Gasteiger partial charge is 0.307 e. The van der Waals surface area contributed by atoms with Gasteiger partial charge in [0.15, 0.2) is 0 Å². The molecule has 0 aromatic rings. The lowest BCUT2D eigenvalue weighted by molar-refractivity contribution is -0.146. The summed E-state index contributed by atoms with van der Waals surface area (Å²) in [6, 6.07) is 0. The Morgan fingerprint density at radius 3 is 2.33 bits per heavy atom. The maximum absolute atomic E-state index is 10.9. The van der Waals surface area contributed by atoms with E-state index in [1.54, 1.807) is 0 Å². The second kappa shape index (κ2) is 3.26. The van der Waals surface area contributed by atoms with Gasteiger partial charge >= 0.3 is 5.97 Å². The highest BCUT2D eigenvalue weighted by Crippen LogP contribution is 2.35. The molecule has 2 atom stereocenters. The van der Waals surface area contributed by atoms with Crippen LogP contribution in [-0.2, 0) is 4.79 Å². The van der Waals surface area contributed by atoms with Crippen molar-refractivity contribution < 1.29 is 9.90 Å². The van der Waals surface area contributed by atoms with Crippen LogP contribution in [-0.4, -0.2) is 35.7 Å². The van der Waals surface area contributed by atoms with Crippen molar-refractivity contribution in [1.29, 1.82) is 0 Å². The van der Waals surface area contributed by atoms with Gasteiger partial charge in [-0.15, -0.1) is 0 Å². The van der Waals surface area contributed by atoms with E-state index in [1.165, 1.54) is 0 Å². The number of aliphatic carboxylic acids is 1. The molecule has 2 saturated heterocycles. The number of fused-ring (bicyclic) bond motifs is 2. The maximum atomic E-state index is 10.9. The highest BCUT2D eigenvalue weighted by molar-refractivity contribution is 7.99. The third kappa shape index (κ3) is 1.33. The topological polar surface area (TPSA) is 49.3 Å². The molecule has 2 N–H and O–H groups in total. The van der Waals surface area contributed by atoms with Crippen molar-refractivity contribution in [2.24, 2.45) is 17.8 Å². The first kappa shape index (κ1) is 8.38. The first-order valence-corrected chi connectivity index (χ1v) is 5.46. The van der Waals surface area contributed by atoms with Crippen LogP contribution in [0.4, 0.5) is 0 Å². The summed E-state index contributed by atoms with van der Waals surface area (Å²) in [5, 5.41) is 12.3. The van der Waals surface area contributed by atoms with Crippen LogP contribution >= 0.6 is 11.8 Å². The number of rotatable bonds is 1. The largest absolute Gasteiger partial charge is 0.481 e. The number of hydrogen-bond donors (Lipinski definition) is 2. The van der Waals surface area contributed by atoms with Gasteiger partial charge in [0.25, 0.3) is 0 Å². The molecule has 0 amide bonds. The Morgan fingerprint density at radius 2 is 1.92 bits per heavy atom. The zero-order valence-corrected chi connectivity index (χ0v) is 7.64. The molecule has 0 saturated carbocycles. The standard InChI is InChI=1S/C8H13NO2S/c10-8(11)7-5-1-9-2-6(7)4-12-3-5/h5-7,9H,1-4H2,(H,10,11). The Bertz CT molecular complexity index is 175. The Morgan fingerprint density at radius 1 is 1.33 bits per heavy atom. The van der Waals surface area contributed by atoms with Gasteiger partial charge in [0.05, 0.1) is 5.92 Å². The van der Waals surface area contributed by atoms with Crippen LogP contribution in [0, 0.1) is 17.8 Å². The van der Waals surface area contributed by atoms with E-state index in [0.717, 1.165) is 24.6 Å². The van der Waals surface area contributed by atoms with Crippen molar-refractivity contribution in [3.05, 3.63) is 0 Å². The van der Waals surface area contributed by atoms with Crippen molar-refractivity contribution >= 4 is 17.7 Å². The molecular weight excluding hydrogens is 174 g/mol. The molecule has 2 unspecified atom stereocenters. The monoisotopic (exact) mass is 187 g/mol. The zero-order valence-electron chi connectivity index (χ0n) is 6.82. The Labute approximate surface area is 75.9 Å². The molecule has 4 heteroatoms. The van der Waals surface area contributed by atoms with Crippen LogP contribution in [0.1, 0.15) is 0 Å². The predicted molar refractivity (Wildman–Crippen MR) is 48.3 cm³/mol. The van der Waals surface area contributed by atoms with Crippen molar-refractivity contribution in [2.45, 2.75) is 0 Å². The van der Waals surface area contributed by atoms with Crippen LogP contribution in [0.25, 0.3) is 0 Å². The Kier molecular flexibility index (Phi) is 2.28. The summed E-state index contributed by atoms with van der Waals surface area (Å²) < 4.78 is 0. The number of thioether (sulfide) groups is 1. The first-order chi connectivity index (χ1) is 5.79. The van der Waals surface area contributed by atoms with Gasteiger partial charge in [0.2, 0.25) is 0 Å². The second-order valence-electron chi connectivity index (χ2n) is 3.58. The van der Waals surface area contributed by atoms with Crippen molar-refractivity contribution in [1.82, 2.24) is 5.32 Å². The van der Waals surface area contributed by atoms with Gasteiger partial charge in [-0.2, -0.15) is 11.8 Å². The Balaban J connectivity index is 2.13. The number of piperidine rings is 1. The molecule has 2 aliphatic rings. The van der Waals surface area contributed by atoms with E-state index in [9.17, 15) is 4.79 Å². The van der Waals surface area contributed by atoms with Gasteiger partial charge in [-0.3, -0.25) is 4.79 Å². The van der Waals surface area contributed by atoms with E-state index < -0.39 is 5.97 Å². The molecule has 0 spiro atoms. The maximum Gasteiger partial charge on any atom is 0.307 e. The van der Waals surface area contributed by atoms with E-state index in [1.807, 2.05) is 11.8 Å². The van der Waals surface area contributed by atoms with Crippen LogP contribution in [0.2, 0.25) is 0 Å². The minimum Gasteiger partial charge on any atom is -0.481 e. The van der Waals surface area contributed by atoms with Gasteiger partial charge in [0.1, 0.15) is 0 Å². The summed E-state index contributed by atoms with van der Waals surface area (Å²) in [5.41, 5.74) is 0. The third-order valence-corrected chi connectivity index (χ3v) is 4.11. The third-order valence-electron chi connectivity index (χ3n) is 2.78. The average molecular weight is 187 g/mol. The van der Waals surface area contributed by atoms with E-state index in [2.05, 4.69) is 5.32 Å². The van der Waals surface area contributed by atoms with Gasteiger partial charge in [-0.25, -0.2) is 0 Å². The van der Waals surface area contributed by atoms with Crippen LogP contribution in [0.3, 0.4) is 0 Å². The molecule has 3 nitrogen and oxygen atoms in total. The minimum atomic E-state index is -0.591. The van der Waals surface area contributed by atoms with Crippen LogP contribution < -0.4 is 5.32 Å². The molecule has 2 rings (SSSR count). The fourth-order valence-corrected chi connectivity index (χ4v) is 3.58. The fourth-order valence-electron chi connectivity index (χ4n) is 2.19. The summed E-state index contributed by atoms with van der Waals surface area (Å²) in [6.07, 6.45) is 0. The molecular formula is C8H13NO2S. The molecule has 2 heterocycles. The molecule has 68 valence electrons. The van der Waals surface area contributed by atoms with Gasteiger partial charge in [-0.1, -0.05) is 0 Å². The second-order valence-corrected chi connectivity index (χ2v) is 4.65. The number of hydrogen-bond acceptors (Lipinski definition) is 3. The number of carboxylic acid groups (broad SMARTS) is 1. The molecule has 2 aliphatic heterocycles. The molecule has 0 radical (unpaired) electrons. The molecule has 0 aliphatic carbocycles. The Hall–Kier alpha value is -0.220. The number of nitrogens with one attached hydrogen (secondary N) is 1. The van der Waals surface area contributed by atoms with Crippen LogP contribution in [0.15, 0.2) is 0 Å². The fraction of sp³-hybridized carbons (Fsp3) is 0.875. The van der Waals surface area contributed by atoms with E-state index in [0.29, 0.717) is 11.8 Å². The van der Waals surface area contributed by atoms with Gasteiger partial charge < -0.3 is 10.4 Å². The van der Waals surface area contributed by atoms with Gasteiger partial charge in [0, 0.05) is 0 Å². The zero-order chi connectivity index (χ0) is 8.55. The quantitative estimate of drug-likeness (QED) is 0.618.